The molecule has 2 aromatic rings. The van der Waals surface area contributed by atoms with Crippen LogP contribution in [0.1, 0.15) is 15.9 Å². The zero-order valence-corrected chi connectivity index (χ0v) is 13.2. The Morgan fingerprint density at radius 3 is 2.55 bits per heavy atom. The summed E-state index contributed by atoms with van der Waals surface area (Å²) >= 11 is 0. The smallest absolute Gasteiger partial charge is 0.253 e. The first-order valence-electron chi connectivity index (χ1n) is 6.62. The maximum absolute atomic E-state index is 12.4. The fraction of sp³-hybridized carbons (Fsp3) is 0.200. The van der Waals surface area contributed by atoms with E-state index in [0.717, 1.165) is 5.56 Å². The molecule has 0 aliphatic rings. The molecule has 1 aromatic heterocycles. The molecule has 2 rings (SSSR count). The summed E-state index contributed by atoms with van der Waals surface area (Å²) < 4.78 is 25.8. The average molecular weight is 319 g/mol. The highest BCUT2D eigenvalue weighted by atomic mass is 32.2. The van der Waals surface area contributed by atoms with Gasteiger partial charge in [-0.2, -0.15) is 0 Å². The van der Waals surface area contributed by atoms with Gasteiger partial charge in [0.15, 0.2) is 0 Å². The molecule has 1 heterocycles. The summed E-state index contributed by atoms with van der Waals surface area (Å²) in [4.78, 5) is 17.9. The van der Waals surface area contributed by atoms with Crippen LogP contribution in [0.4, 0.5) is 0 Å². The number of rotatable bonds is 5. The minimum absolute atomic E-state index is 0.0677. The largest absolute Gasteiger partial charge is 0.337 e. The zero-order chi connectivity index (χ0) is 16.2. The second-order valence-corrected chi connectivity index (χ2v) is 6.64. The van der Waals surface area contributed by atoms with E-state index in [1.54, 1.807) is 31.6 Å². The third kappa shape index (κ3) is 3.69. The van der Waals surface area contributed by atoms with Gasteiger partial charge < -0.3 is 4.90 Å². The molecule has 1 amide bonds. The van der Waals surface area contributed by atoms with Crippen LogP contribution in [0.2, 0.25) is 0 Å². The number of nitrogens with one attached hydrogen (secondary N) is 1. The number of aromatic nitrogens is 1. The highest BCUT2D eigenvalue weighted by Crippen LogP contribution is 2.13. The minimum Gasteiger partial charge on any atom is -0.337 e. The molecule has 0 aliphatic heterocycles. The Hall–Kier alpha value is -2.25. The van der Waals surface area contributed by atoms with Crippen molar-refractivity contribution in [2.75, 3.05) is 14.1 Å². The van der Waals surface area contributed by atoms with Gasteiger partial charge in [0.05, 0.1) is 4.90 Å². The molecule has 116 valence electrons. The van der Waals surface area contributed by atoms with E-state index in [-0.39, 0.29) is 10.8 Å². The number of sulfonamides is 1. The van der Waals surface area contributed by atoms with Gasteiger partial charge in [0.25, 0.3) is 5.91 Å². The van der Waals surface area contributed by atoms with E-state index in [4.69, 9.17) is 0 Å². The van der Waals surface area contributed by atoms with Crippen LogP contribution in [0.3, 0.4) is 0 Å². The fourth-order valence-electron chi connectivity index (χ4n) is 1.97. The van der Waals surface area contributed by atoms with Crippen LogP contribution in [0.25, 0.3) is 0 Å². The van der Waals surface area contributed by atoms with E-state index in [1.807, 2.05) is 12.1 Å². The van der Waals surface area contributed by atoms with E-state index in [2.05, 4.69) is 9.71 Å². The van der Waals surface area contributed by atoms with E-state index in [1.165, 1.54) is 24.1 Å². The van der Waals surface area contributed by atoms with Crippen molar-refractivity contribution in [3.05, 3.63) is 59.9 Å². The third-order valence-corrected chi connectivity index (χ3v) is 4.59. The molecule has 0 unspecified atom stereocenters. The monoisotopic (exact) mass is 319 g/mol. The van der Waals surface area contributed by atoms with Crippen molar-refractivity contribution in [2.24, 2.45) is 0 Å². The molecule has 7 heteroatoms. The zero-order valence-electron chi connectivity index (χ0n) is 12.4. The van der Waals surface area contributed by atoms with Gasteiger partial charge in [0, 0.05) is 31.5 Å². The summed E-state index contributed by atoms with van der Waals surface area (Å²) in [6.45, 7) is 0.421. The van der Waals surface area contributed by atoms with Gasteiger partial charge >= 0.3 is 0 Å². The quantitative estimate of drug-likeness (QED) is 0.900. The SMILES string of the molecule is CNS(=O)(=O)c1cccc(C(=O)N(C)Cc2ccncc2)c1. The summed E-state index contributed by atoms with van der Waals surface area (Å²) in [5.74, 6) is -0.245. The summed E-state index contributed by atoms with van der Waals surface area (Å²) in [5, 5.41) is 0. The Bertz CT molecular complexity index is 761. The van der Waals surface area contributed by atoms with E-state index >= 15 is 0 Å². The van der Waals surface area contributed by atoms with Gasteiger partial charge in [-0.15, -0.1) is 0 Å². The van der Waals surface area contributed by atoms with E-state index in [9.17, 15) is 13.2 Å². The maximum atomic E-state index is 12.4. The van der Waals surface area contributed by atoms with E-state index in [0.29, 0.717) is 12.1 Å². The lowest BCUT2D eigenvalue weighted by Gasteiger charge is -2.17. The Kier molecular flexibility index (Phi) is 4.89. The number of carbonyl (C=O) groups is 1. The van der Waals surface area contributed by atoms with Crippen molar-refractivity contribution in [3.8, 4) is 0 Å². The van der Waals surface area contributed by atoms with Crippen molar-refractivity contribution >= 4 is 15.9 Å². The predicted molar refractivity (Wildman–Crippen MR) is 82.7 cm³/mol. The topological polar surface area (TPSA) is 79.4 Å². The van der Waals surface area contributed by atoms with Crippen molar-refractivity contribution in [2.45, 2.75) is 11.4 Å². The number of amides is 1. The maximum Gasteiger partial charge on any atom is 0.253 e. The molecule has 0 bridgehead atoms. The molecule has 22 heavy (non-hydrogen) atoms. The van der Waals surface area contributed by atoms with Crippen LogP contribution in [0, 0.1) is 0 Å². The second-order valence-electron chi connectivity index (χ2n) is 4.75. The number of hydrogen-bond donors (Lipinski definition) is 1. The number of carbonyl (C=O) groups excluding carboxylic acids is 1. The lowest BCUT2D eigenvalue weighted by atomic mass is 10.2. The Morgan fingerprint density at radius 1 is 1.23 bits per heavy atom. The standard InChI is InChI=1S/C15H17N3O3S/c1-16-22(20,21)14-5-3-4-13(10-14)15(19)18(2)11-12-6-8-17-9-7-12/h3-10,16H,11H2,1-2H3. The Morgan fingerprint density at radius 2 is 1.91 bits per heavy atom. The lowest BCUT2D eigenvalue weighted by Crippen LogP contribution is -2.26. The molecule has 0 atom stereocenters. The molecule has 0 saturated heterocycles. The molecule has 1 aromatic carbocycles. The molecule has 0 spiro atoms. The molecular formula is C15H17N3O3S. The van der Waals surface area contributed by atoms with Crippen LogP contribution in [0.5, 0.6) is 0 Å². The first kappa shape index (κ1) is 16.1. The van der Waals surface area contributed by atoms with Crippen LogP contribution >= 0.6 is 0 Å². The normalized spacial score (nSPS) is 11.2. The number of nitrogens with zero attached hydrogens (tertiary/aromatic N) is 2. The Labute approximate surface area is 129 Å². The number of hydrogen-bond acceptors (Lipinski definition) is 4. The van der Waals surface area contributed by atoms with Gasteiger partial charge in [-0.3, -0.25) is 9.78 Å². The molecule has 1 N–H and O–H groups in total. The van der Waals surface area contributed by atoms with Crippen molar-refractivity contribution in [1.82, 2.24) is 14.6 Å². The number of pyridine rings is 1. The summed E-state index contributed by atoms with van der Waals surface area (Å²) in [7, 11) is -0.566. The third-order valence-electron chi connectivity index (χ3n) is 3.18. The average Bonchev–Trinajstić information content (AvgIpc) is 2.55. The summed E-state index contributed by atoms with van der Waals surface area (Å²) in [6, 6.07) is 9.62. The van der Waals surface area contributed by atoms with Crippen LogP contribution < -0.4 is 4.72 Å². The van der Waals surface area contributed by atoms with Crippen molar-refractivity contribution in [3.63, 3.8) is 0 Å². The minimum atomic E-state index is -3.57. The van der Waals surface area contributed by atoms with Crippen molar-refractivity contribution in [1.29, 1.82) is 0 Å². The lowest BCUT2D eigenvalue weighted by molar-refractivity contribution is 0.0785. The summed E-state index contributed by atoms with van der Waals surface area (Å²) in [5.41, 5.74) is 1.28. The van der Waals surface area contributed by atoms with Gasteiger partial charge in [-0.05, 0) is 42.9 Å². The predicted octanol–water partition coefficient (Wildman–Crippen LogP) is 1.26. The first-order chi connectivity index (χ1) is 10.4. The molecule has 0 fully saturated rings. The Balaban J connectivity index is 2.21. The molecule has 0 radical (unpaired) electrons. The number of benzene rings is 1. The van der Waals surface area contributed by atoms with Gasteiger partial charge in [-0.25, -0.2) is 13.1 Å². The first-order valence-corrected chi connectivity index (χ1v) is 8.10. The molecule has 0 aliphatic carbocycles. The van der Waals surface area contributed by atoms with Crippen LogP contribution in [0.15, 0.2) is 53.7 Å². The van der Waals surface area contributed by atoms with Crippen molar-refractivity contribution < 1.29 is 13.2 Å². The van der Waals surface area contributed by atoms with Crippen LogP contribution in [-0.4, -0.2) is 38.3 Å². The highest BCUT2D eigenvalue weighted by molar-refractivity contribution is 7.89. The second kappa shape index (κ2) is 6.67. The molecular weight excluding hydrogens is 302 g/mol. The van der Waals surface area contributed by atoms with Crippen LogP contribution in [-0.2, 0) is 16.6 Å². The highest BCUT2D eigenvalue weighted by Gasteiger charge is 2.16. The molecule has 0 saturated carbocycles. The van der Waals surface area contributed by atoms with Gasteiger partial charge in [-0.1, -0.05) is 6.07 Å². The fourth-order valence-corrected chi connectivity index (χ4v) is 2.74. The summed E-state index contributed by atoms with van der Waals surface area (Å²) in [6.07, 6.45) is 3.32. The van der Waals surface area contributed by atoms with E-state index < -0.39 is 10.0 Å². The molecule has 6 nitrogen and oxygen atoms in total. The van der Waals surface area contributed by atoms with Gasteiger partial charge in [0.2, 0.25) is 10.0 Å². The van der Waals surface area contributed by atoms with Gasteiger partial charge in [0.1, 0.15) is 0 Å².